The molecule has 12 heavy (non-hydrogen) atoms. The third kappa shape index (κ3) is 3.37. The van der Waals surface area contributed by atoms with E-state index in [-0.39, 0.29) is 6.29 Å². The van der Waals surface area contributed by atoms with Crippen LogP contribution in [0.1, 0.15) is 33.1 Å². The Balaban J connectivity index is 2.18. The zero-order valence-electron chi connectivity index (χ0n) is 7.95. The van der Waals surface area contributed by atoms with Crippen LogP contribution >= 0.6 is 0 Å². The summed E-state index contributed by atoms with van der Waals surface area (Å²) in [6.07, 6.45) is 7.90. The molecule has 1 aliphatic heterocycles. The fourth-order valence-electron chi connectivity index (χ4n) is 1.33. The van der Waals surface area contributed by atoms with Crippen LogP contribution in [-0.4, -0.2) is 19.0 Å². The summed E-state index contributed by atoms with van der Waals surface area (Å²) < 4.78 is 10.8. The predicted molar refractivity (Wildman–Crippen MR) is 49.0 cm³/mol. The second-order valence-corrected chi connectivity index (χ2v) is 3.10. The van der Waals surface area contributed by atoms with E-state index in [2.05, 4.69) is 19.1 Å². The molecule has 0 radical (unpaired) electrons. The highest BCUT2D eigenvalue weighted by molar-refractivity contribution is 4.84. The van der Waals surface area contributed by atoms with Gasteiger partial charge in [-0.2, -0.15) is 0 Å². The third-order valence-corrected chi connectivity index (χ3v) is 1.98. The molecule has 1 heterocycles. The summed E-state index contributed by atoms with van der Waals surface area (Å²) >= 11 is 0. The largest absolute Gasteiger partial charge is 0.353 e. The number of hydrogen-bond acceptors (Lipinski definition) is 2. The van der Waals surface area contributed by atoms with E-state index in [0.29, 0.717) is 6.10 Å². The monoisotopic (exact) mass is 170 g/mol. The molecule has 0 spiro atoms. The van der Waals surface area contributed by atoms with Gasteiger partial charge in [0.1, 0.15) is 0 Å². The van der Waals surface area contributed by atoms with Gasteiger partial charge in [0, 0.05) is 0 Å². The fourth-order valence-corrected chi connectivity index (χ4v) is 1.33. The topological polar surface area (TPSA) is 18.5 Å². The van der Waals surface area contributed by atoms with Gasteiger partial charge < -0.3 is 9.47 Å². The first-order chi connectivity index (χ1) is 5.83. The van der Waals surface area contributed by atoms with Gasteiger partial charge in [-0.05, 0) is 26.2 Å². The molecule has 1 aliphatic rings. The first kappa shape index (κ1) is 9.75. The molecule has 70 valence electrons. The van der Waals surface area contributed by atoms with Crippen molar-refractivity contribution in [3.8, 4) is 0 Å². The minimum absolute atomic E-state index is 0.0150. The number of rotatable bonds is 3. The molecule has 2 heteroatoms. The maximum absolute atomic E-state index is 5.56. The highest BCUT2D eigenvalue weighted by atomic mass is 16.7. The van der Waals surface area contributed by atoms with Crippen molar-refractivity contribution in [2.75, 3.05) is 6.61 Å². The lowest BCUT2D eigenvalue weighted by atomic mass is 10.1. The third-order valence-electron chi connectivity index (χ3n) is 1.98. The Morgan fingerprint density at radius 2 is 2.25 bits per heavy atom. The Morgan fingerprint density at radius 1 is 1.42 bits per heavy atom. The van der Waals surface area contributed by atoms with E-state index in [1.54, 1.807) is 0 Å². The van der Waals surface area contributed by atoms with E-state index in [4.69, 9.17) is 9.47 Å². The van der Waals surface area contributed by atoms with Crippen molar-refractivity contribution in [2.45, 2.75) is 45.5 Å². The summed E-state index contributed by atoms with van der Waals surface area (Å²) in [5.41, 5.74) is 0. The van der Waals surface area contributed by atoms with Crippen LogP contribution in [0.2, 0.25) is 0 Å². The fraction of sp³-hybridized carbons (Fsp3) is 0.800. The summed E-state index contributed by atoms with van der Waals surface area (Å²) in [5, 5.41) is 0. The normalized spacial score (nSPS) is 31.2. The lowest BCUT2D eigenvalue weighted by Gasteiger charge is -2.27. The Morgan fingerprint density at radius 3 is 2.92 bits per heavy atom. The highest BCUT2D eigenvalue weighted by Gasteiger charge is 2.17. The standard InChI is InChI=1S/C10H18O2/c1-3-4-5-6-10-7-8-11-9(2)12-10/h4-5,9-10H,3,6-8H2,1-2H3. The van der Waals surface area contributed by atoms with E-state index in [9.17, 15) is 0 Å². The molecule has 0 saturated carbocycles. The van der Waals surface area contributed by atoms with Crippen LogP contribution < -0.4 is 0 Å². The van der Waals surface area contributed by atoms with Crippen LogP contribution in [0.4, 0.5) is 0 Å². The quantitative estimate of drug-likeness (QED) is 0.606. The van der Waals surface area contributed by atoms with E-state index < -0.39 is 0 Å². The lowest BCUT2D eigenvalue weighted by Crippen LogP contribution is -2.29. The lowest BCUT2D eigenvalue weighted by molar-refractivity contribution is -0.201. The van der Waals surface area contributed by atoms with Gasteiger partial charge in [0.05, 0.1) is 12.7 Å². The molecule has 0 amide bonds. The highest BCUT2D eigenvalue weighted by Crippen LogP contribution is 2.15. The molecule has 0 bridgehead atoms. The minimum atomic E-state index is -0.0150. The van der Waals surface area contributed by atoms with Gasteiger partial charge in [-0.3, -0.25) is 0 Å². The van der Waals surface area contributed by atoms with Gasteiger partial charge in [-0.1, -0.05) is 19.1 Å². The second kappa shape index (κ2) is 5.33. The van der Waals surface area contributed by atoms with Crippen molar-refractivity contribution < 1.29 is 9.47 Å². The molecule has 1 saturated heterocycles. The Bertz CT molecular complexity index is 143. The maximum atomic E-state index is 5.56. The molecule has 0 aliphatic carbocycles. The summed E-state index contributed by atoms with van der Waals surface area (Å²) in [7, 11) is 0. The van der Waals surface area contributed by atoms with Gasteiger partial charge in [-0.25, -0.2) is 0 Å². The van der Waals surface area contributed by atoms with Crippen LogP contribution in [0.15, 0.2) is 12.2 Å². The van der Waals surface area contributed by atoms with Gasteiger partial charge in [0.2, 0.25) is 0 Å². The Labute approximate surface area is 74.6 Å². The zero-order chi connectivity index (χ0) is 8.81. The van der Waals surface area contributed by atoms with Gasteiger partial charge in [-0.15, -0.1) is 0 Å². The van der Waals surface area contributed by atoms with Crippen molar-refractivity contribution in [1.29, 1.82) is 0 Å². The summed E-state index contributed by atoms with van der Waals surface area (Å²) in [4.78, 5) is 0. The molecular weight excluding hydrogens is 152 g/mol. The average molecular weight is 170 g/mol. The van der Waals surface area contributed by atoms with Crippen LogP contribution in [-0.2, 0) is 9.47 Å². The average Bonchev–Trinajstić information content (AvgIpc) is 2.05. The molecule has 2 atom stereocenters. The molecule has 2 nitrogen and oxygen atoms in total. The predicted octanol–water partition coefficient (Wildman–Crippen LogP) is 2.49. The van der Waals surface area contributed by atoms with Gasteiger partial charge in [0.15, 0.2) is 6.29 Å². The zero-order valence-corrected chi connectivity index (χ0v) is 7.95. The molecular formula is C10H18O2. The summed E-state index contributed by atoms with van der Waals surface area (Å²) in [5.74, 6) is 0. The molecule has 0 N–H and O–H groups in total. The van der Waals surface area contributed by atoms with E-state index in [1.165, 1.54) is 0 Å². The Kier molecular flexibility index (Phi) is 4.33. The molecule has 0 aromatic rings. The number of hydrogen-bond donors (Lipinski definition) is 0. The number of ether oxygens (including phenoxy) is 2. The SMILES string of the molecule is CCC=CCC1CCOC(C)O1. The van der Waals surface area contributed by atoms with E-state index in [0.717, 1.165) is 25.9 Å². The van der Waals surface area contributed by atoms with E-state index >= 15 is 0 Å². The first-order valence-electron chi connectivity index (χ1n) is 4.75. The van der Waals surface area contributed by atoms with Crippen molar-refractivity contribution >= 4 is 0 Å². The van der Waals surface area contributed by atoms with Crippen molar-refractivity contribution in [2.24, 2.45) is 0 Å². The summed E-state index contributed by atoms with van der Waals surface area (Å²) in [6.45, 7) is 4.94. The molecule has 0 aromatic carbocycles. The van der Waals surface area contributed by atoms with Crippen molar-refractivity contribution in [1.82, 2.24) is 0 Å². The maximum Gasteiger partial charge on any atom is 0.155 e. The summed E-state index contributed by atoms with van der Waals surface area (Å²) in [6, 6.07) is 0. The van der Waals surface area contributed by atoms with Gasteiger partial charge >= 0.3 is 0 Å². The minimum Gasteiger partial charge on any atom is -0.353 e. The van der Waals surface area contributed by atoms with Crippen LogP contribution in [0.5, 0.6) is 0 Å². The van der Waals surface area contributed by atoms with Crippen molar-refractivity contribution in [3.63, 3.8) is 0 Å². The Hall–Kier alpha value is -0.340. The van der Waals surface area contributed by atoms with Crippen LogP contribution in [0.3, 0.4) is 0 Å². The van der Waals surface area contributed by atoms with E-state index in [1.807, 2.05) is 6.92 Å². The molecule has 1 fully saturated rings. The smallest absolute Gasteiger partial charge is 0.155 e. The molecule has 1 rings (SSSR count). The molecule has 0 aromatic heterocycles. The second-order valence-electron chi connectivity index (χ2n) is 3.10. The van der Waals surface area contributed by atoms with Gasteiger partial charge in [0.25, 0.3) is 0 Å². The van der Waals surface area contributed by atoms with Crippen LogP contribution in [0, 0.1) is 0 Å². The first-order valence-corrected chi connectivity index (χ1v) is 4.75. The van der Waals surface area contributed by atoms with Crippen LogP contribution in [0.25, 0.3) is 0 Å². The van der Waals surface area contributed by atoms with Crippen molar-refractivity contribution in [3.05, 3.63) is 12.2 Å². The molecule has 2 unspecified atom stereocenters. The number of allylic oxidation sites excluding steroid dienone is 1.